The van der Waals surface area contributed by atoms with E-state index in [1.54, 1.807) is 33.2 Å². The number of nitrogens with zero attached hydrogens (tertiary/aromatic N) is 2. The Balaban J connectivity index is 2.52. The maximum absolute atomic E-state index is 11.9. The Kier molecular flexibility index (Phi) is 8.29. The fraction of sp³-hybridized carbons (Fsp3) is 0.579. The number of carbonyl (C=O) groups is 1. The standard InChI is InChI=1S/C19H32N4O4S/c1-14-12-15(8-9-16(14)28(7,25)26)13-22-17(20-5)21-10-11-23(6)18(24)27-19(2,3)4/h8-9,12H,10-11,13H2,1-7H3,(H2,20,21,22). The summed E-state index contributed by atoms with van der Waals surface area (Å²) in [5.41, 5.74) is 1.13. The maximum Gasteiger partial charge on any atom is 0.410 e. The summed E-state index contributed by atoms with van der Waals surface area (Å²) in [6.45, 7) is 8.71. The second-order valence-electron chi connectivity index (χ2n) is 7.63. The van der Waals surface area contributed by atoms with Crippen molar-refractivity contribution in [3.63, 3.8) is 0 Å². The lowest BCUT2D eigenvalue weighted by Crippen LogP contribution is -2.42. The summed E-state index contributed by atoms with van der Waals surface area (Å²) in [4.78, 5) is 17.9. The highest BCUT2D eigenvalue weighted by molar-refractivity contribution is 7.90. The van der Waals surface area contributed by atoms with Crippen molar-refractivity contribution >= 4 is 21.9 Å². The van der Waals surface area contributed by atoms with E-state index in [-0.39, 0.29) is 6.09 Å². The molecule has 8 nitrogen and oxygen atoms in total. The van der Waals surface area contributed by atoms with Gasteiger partial charge >= 0.3 is 6.09 Å². The minimum atomic E-state index is -3.22. The Hall–Kier alpha value is -2.29. The van der Waals surface area contributed by atoms with Gasteiger partial charge in [-0.05, 0) is 44.9 Å². The van der Waals surface area contributed by atoms with Gasteiger partial charge in [0.1, 0.15) is 5.60 Å². The number of sulfone groups is 1. The number of guanidine groups is 1. The Morgan fingerprint density at radius 3 is 2.39 bits per heavy atom. The Bertz CT molecular complexity index is 814. The van der Waals surface area contributed by atoms with E-state index in [4.69, 9.17) is 4.74 Å². The number of hydrogen-bond acceptors (Lipinski definition) is 5. The quantitative estimate of drug-likeness (QED) is 0.547. The van der Waals surface area contributed by atoms with Crippen LogP contribution < -0.4 is 10.6 Å². The van der Waals surface area contributed by atoms with Gasteiger partial charge in [-0.1, -0.05) is 12.1 Å². The van der Waals surface area contributed by atoms with Crippen molar-refractivity contribution < 1.29 is 17.9 Å². The molecule has 158 valence electrons. The molecule has 1 aromatic rings. The number of hydrogen-bond donors (Lipinski definition) is 2. The molecule has 0 bridgehead atoms. The molecule has 0 spiro atoms. The fourth-order valence-electron chi connectivity index (χ4n) is 2.42. The van der Waals surface area contributed by atoms with Gasteiger partial charge in [0.25, 0.3) is 0 Å². The van der Waals surface area contributed by atoms with E-state index in [2.05, 4.69) is 15.6 Å². The zero-order valence-corrected chi connectivity index (χ0v) is 18.6. The molecule has 1 amide bonds. The average Bonchev–Trinajstić information content (AvgIpc) is 2.55. The maximum atomic E-state index is 11.9. The SMILES string of the molecule is CN=C(NCCN(C)C(=O)OC(C)(C)C)NCc1ccc(S(C)(=O)=O)c(C)c1. The van der Waals surface area contributed by atoms with E-state index in [9.17, 15) is 13.2 Å². The van der Waals surface area contributed by atoms with Crippen LogP contribution in [0.3, 0.4) is 0 Å². The van der Waals surface area contributed by atoms with Gasteiger partial charge in [0.15, 0.2) is 15.8 Å². The van der Waals surface area contributed by atoms with Crippen molar-refractivity contribution in [2.24, 2.45) is 4.99 Å². The number of aryl methyl sites for hydroxylation is 1. The van der Waals surface area contributed by atoms with Crippen LogP contribution in [0.5, 0.6) is 0 Å². The van der Waals surface area contributed by atoms with Crippen molar-refractivity contribution in [1.29, 1.82) is 0 Å². The predicted molar refractivity (Wildman–Crippen MR) is 111 cm³/mol. The van der Waals surface area contributed by atoms with Crippen LogP contribution in [0.2, 0.25) is 0 Å². The molecule has 28 heavy (non-hydrogen) atoms. The number of rotatable bonds is 6. The summed E-state index contributed by atoms with van der Waals surface area (Å²) in [7, 11) is 0.112. The van der Waals surface area contributed by atoms with Gasteiger partial charge in [0.2, 0.25) is 0 Å². The van der Waals surface area contributed by atoms with Gasteiger partial charge in [-0.15, -0.1) is 0 Å². The van der Waals surface area contributed by atoms with Crippen LogP contribution in [0.15, 0.2) is 28.1 Å². The molecule has 0 unspecified atom stereocenters. The van der Waals surface area contributed by atoms with Crippen LogP contribution in [0.25, 0.3) is 0 Å². The van der Waals surface area contributed by atoms with Crippen molar-refractivity contribution in [1.82, 2.24) is 15.5 Å². The van der Waals surface area contributed by atoms with Crippen LogP contribution in [-0.4, -0.2) is 64.4 Å². The molecule has 2 N–H and O–H groups in total. The number of nitrogens with one attached hydrogen (secondary N) is 2. The molecular formula is C19H32N4O4S. The van der Waals surface area contributed by atoms with Crippen molar-refractivity contribution in [3.8, 4) is 0 Å². The van der Waals surface area contributed by atoms with Crippen molar-refractivity contribution in [2.75, 3.05) is 33.4 Å². The lowest BCUT2D eigenvalue weighted by atomic mass is 10.1. The van der Waals surface area contributed by atoms with Gasteiger partial charge in [-0.25, -0.2) is 13.2 Å². The Morgan fingerprint density at radius 1 is 1.25 bits per heavy atom. The zero-order valence-electron chi connectivity index (χ0n) is 17.8. The first-order valence-electron chi connectivity index (χ1n) is 9.01. The summed E-state index contributed by atoms with van der Waals surface area (Å²) in [5, 5.41) is 6.30. The van der Waals surface area contributed by atoms with Crippen molar-refractivity contribution in [3.05, 3.63) is 29.3 Å². The van der Waals surface area contributed by atoms with Gasteiger partial charge in [-0.3, -0.25) is 4.99 Å². The smallest absolute Gasteiger partial charge is 0.410 e. The summed E-state index contributed by atoms with van der Waals surface area (Å²) in [6, 6.07) is 5.24. The first kappa shape index (κ1) is 23.7. The molecule has 1 rings (SSSR count). The van der Waals surface area contributed by atoms with E-state index in [0.29, 0.717) is 36.1 Å². The number of ether oxygens (including phenoxy) is 1. The molecule has 0 aliphatic heterocycles. The summed E-state index contributed by atoms with van der Waals surface area (Å²) in [5.74, 6) is 0.586. The average molecular weight is 413 g/mol. The van der Waals surface area contributed by atoms with Gasteiger partial charge in [0.05, 0.1) is 4.90 Å². The third kappa shape index (κ3) is 8.16. The third-order valence-electron chi connectivity index (χ3n) is 3.77. The molecule has 0 aromatic heterocycles. The highest BCUT2D eigenvalue weighted by Crippen LogP contribution is 2.16. The number of likely N-dealkylation sites (N-methyl/N-ethyl adjacent to an activating group) is 1. The van der Waals surface area contributed by atoms with E-state index in [1.165, 1.54) is 11.2 Å². The first-order valence-corrected chi connectivity index (χ1v) is 10.9. The highest BCUT2D eigenvalue weighted by Gasteiger charge is 2.19. The minimum absolute atomic E-state index is 0.337. The van der Waals surface area contributed by atoms with Gasteiger partial charge in [0, 0.05) is 40.0 Å². The van der Waals surface area contributed by atoms with Crippen molar-refractivity contribution in [2.45, 2.75) is 44.7 Å². The van der Waals surface area contributed by atoms with Gasteiger partial charge < -0.3 is 20.3 Å². The summed E-state index contributed by atoms with van der Waals surface area (Å²) in [6.07, 6.45) is 0.825. The molecule has 0 radical (unpaired) electrons. The molecule has 0 saturated carbocycles. The number of carbonyl (C=O) groups excluding carboxylic acids is 1. The molecule has 0 atom stereocenters. The second kappa shape index (κ2) is 9.77. The van der Waals surface area contributed by atoms with Crippen LogP contribution in [0.1, 0.15) is 31.9 Å². The highest BCUT2D eigenvalue weighted by atomic mass is 32.2. The monoisotopic (exact) mass is 412 g/mol. The van der Waals surface area contributed by atoms with Crippen LogP contribution >= 0.6 is 0 Å². The molecular weight excluding hydrogens is 380 g/mol. The van der Waals surface area contributed by atoms with Crippen LogP contribution in [0, 0.1) is 6.92 Å². The summed E-state index contributed by atoms with van der Waals surface area (Å²) >= 11 is 0. The van der Waals surface area contributed by atoms with Gasteiger partial charge in [-0.2, -0.15) is 0 Å². The summed E-state index contributed by atoms with van der Waals surface area (Å²) < 4.78 is 28.7. The third-order valence-corrected chi connectivity index (χ3v) is 5.02. The van der Waals surface area contributed by atoms with E-state index in [0.717, 1.165) is 5.56 Å². The zero-order chi connectivity index (χ0) is 21.5. The number of benzene rings is 1. The largest absolute Gasteiger partial charge is 0.444 e. The lowest BCUT2D eigenvalue weighted by molar-refractivity contribution is 0.0302. The lowest BCUT2D eigenvalue weighted by Gasteiger charge is -2.25. The van der Waals surface area contributed by atoms with Crippen LogP contribution in [-0.2, 0) is 21.1 Å². The second-order valence-corrected chi connectivity index (χ2v) is 9.61. The Morgan fingerprint density at radius 2 is 1.89 bits per heavy atom. The molecule has 0 aliphatic rings. The molecule has 0 aliphatic carbocycles. The van der Waals surface area contributed by atoms with Crippen LogP contribution in [0.4, 0.5) is 4.79 Å². The molecule has 9 heteroatoms. The molecule has 0 heterocycles. The topological polar surface area (TPSA) is 100 Å². The minimum Gasteiger partial charge on any atom is -0.444 e. The molecule has 0 fully saturated rings. The number of amides is 1. The molecule has 1 aromatic carbocycles. The predicted octanol–water partition coefficient (Wildman–Crippen LogP) is 1.93. The van der Waals surface area contributed by atoms with E-state index >= 15 is 0 Å². The van der Waals surface area contributed by atoms with E-state index in [1.807, 2.05) is 26.8 Å². The Labute approximate surface area is 168 Å². The first-order chi connectivity index (χ1) is 12.8. The fourth-order valence-corrected chi connectivity index (χ4v) is 3.38. The molecule has 0 saturated heterocycles. The number of aliphatic imine (C=N–C) groups is 1. The van der Waals surface area contributed by atoms with E-state index < -0.39 is 15.4 Å². The normalized spacial score (nSPS) is 12.5.